The van der Waals surface area contributed by atoms with Gasteiger partial charge in [-0.3, -0.25) is 4.79 Å². The molecule has 0 heterocycles. The summed E-state index contributed by atoms with van der Waals surface area (Å²) in [7, 11) is 3.45. The fourth-order valence-corrected chi connectivity index (χ4v) is 1.45. The Morgan fingerprint density at radius 2 is 1.91 bits per heavy atom. The third-order valence-corrected chi connectivity index (χ3v) is 2.74. The van der Waals surface area contributed by atoms with Gasteiger partial charge in [-0.05, 0) is 33.6 Å². The number of carbonyl (C=O) groups excluding carboxylic acids is 1. The Kier molecular flexibility index (Phi) is 15.7. The van der Waals surface area contributed by atoms with E-state index >= 15 is 0 Å². The molecule has 2 N–H and O–H groups in total. The quantitative estimate of drug-likeness (QED) is 0.179. The van der Waals surface area contributed by atoms with Crippen molar-refractivity contribution in [2.45, 2.75) is 39.7 Å². The van der Waals surface area contributed by atoms with Crippen LogP contribution in [0.3, 0.4) is 0 Å². The Balaban J connectivity index is 0. The van der Waals surface area contributed by atoms with E-state index in [0.29, 0.717) is 12.5 Å². The summed E-state index contributed by atoms with van der Waals surface area (Å²) >= 11 is 0. The zero-order valence-electron chi connectivity index (χ0n) is 15.1. The van der Waals surface area contributed by atoms with E-state index in [1.54, 1.807) is 14.1 Å². The van der Waals surface area contributed by atoms with Gasteiger partial charge in [-0.25, -0.2) is 4.99 Å². The van der Waals surface area contributed by atoms with Gasteiger partial charge in [0.05, 0.1) is 6.10 Å². The number of hydrogen-bond donors (Lipinski definition) is 2. The minimum Gasteiger partial charge on any atom is -0.379 e. The molecule has 0 bridgehead atoms. The van der Waals surface area contributed by atoms with Crippen molar-refractivity contribution in [1.82, 2.24) is 15.5 Å². The maximum absolute atomic E-state index is 11.6. The number of guanidine groups is 1. The molecule has 23 heavy (non-hydrogen) atoms. The SMILES string of the molecule is C=C(C)CNC(=NCC(=O)N(C)C)NCCCCOC(C)C.I. The highest BCUT2D eigenvalue weighted by Gasteiger charge is 2.04. The van der Waals surface area contributed by atoms with Crippen molar-refractivity contribution in [3.8, 4) is 0 Å². The molecule has 0 aliphatic carbocycles. The summed E-state index contributed by atoms with van der Waals surface area (Å²) in [5.74, 6) is 0.615. The average Bonchev–Trinajstić information content (AvgIpc) is 2.43. The molecule has 0 spiro atoms. The van der Waals surface area contributed by atoms with Crippen LogP contribution in [0.4, 0.5) is 0 Å². The van der Waals surface area contributed by atoms with Gasteiger partial charge in [0.25, 0.3) is 0 Å². The van der Waals surface area contributed by atoms with Crippen molar-refractivity contribution < 1.29 is 9.53 Å². The number of nitrogens with one attached hydrogen (secondary N) is 2. The first-order valence-electron chi connectivity index (χ1n) is 7.81. The molecule has 0 fully saturated rings. The number of hydrogen-bond acceptors (Lipinski definition) is 3. The first-order chi connectivity index (χ1) is 10.3. The number of unbranched alkanes of at least 4 members (excludes halogenated alkanes) is 1. The summed E-state index contributed by atoms with van der Waals surface area (Å²) in [6.07, 6.45) is 2.26. The number of carbonyl (C=O) groups is 1. The fraction of sp³-hybridized carbons (Fsp3) is 0.750. The van der Waals surface area contributed by atoms with Gasteiger partial charge in [-0.2, -0.15) is 0 Å². The van der Waals surface area contributed by atoms with Crippen molar-refractivity contribution in [3.63, 3.8) is 0 Å². The van der Waals surface area contributed by atoms with Gasteiger partial charge >= 0.3 is 0 Å². The molecule has 0 aromatic carbocycles. The van der Waals surface area contributed by atoms with Crippen LogP contribution in [0.1, 0.15) is 33.6 Å². The van der Waals surface area contributed by atoms with Crippen LogP contribution in [-0.2, 0) is 9.53 Å². The van der Waals surface area contributed by atoms with E-state index < -0.39 is 0 Å². The van der Waals surface area contributed by atoms with Crippen LogP contribution in [0.25, 0.3) is 0 Å². The van der Waals surface area contributed by atoms with Gasteiger partial charge in [0.2, 0.25) is 5.91 Å². The van der Waals surface area contributed by atoms with Crippen molar-refractivity contribution in [2.75, 3.05) is 40.3 Å². The predicted octanol–water partition coefficient (Wildman–Crippen LogP) is 2.01. The zero-order chi connectivity index (χ0) is 17.0. The molecule has 6 nitrogen and oxygen atoms in total. The summed E-state index contributed by atoms with van der Waals surface area (Å²) in [5.41, 5.74) is 1.01. The standard InChI is InChI=1S/C16H32N4O2.HI/c1-13(2)11-18-16(19-12-15(21)20(5)6)17-9-7-8-10-22-14(3)4;/h14H,1,7-12H2,2-6H3,(H2,17,18,19);1H. The van der Waals surface area contributed by atoms with Crippen LogP contribution >= 0.6 is 24.0 Å². The van der Waals surface area contributed by atoms with E-state index in [4.69, 9.17) is 4.74 Å². The number of ether oxygens (including phenoxy) is 1. The lowest BCUT2D eigenvalue weighted by Gasteiger charge is -2.14. The lowest BCUT2D eigenvalue weighted by atomic mass is 10.3. The maximum Gasteiger partial charge on any atom is 0.243 e. The largest absolute Gasteiger partial charge is 0.379 e. The van der Waals surface area contributed by atoms with E-state index in [1.165, 1.54) is 4.90 Å². The van der Waals surface area contributed by atoms with Crippen LogP contribution in [-0.4, -0.2) is 63.2 Å². The number of aliphatic imine (C=N–C) groups is 1. The lowest BCUT2D eigenvalue weighted by Crippen LogP contribution is -2.39. The minimum atomic E-state index is -0.0261. The van der Waals surface area contributed by atoms with Gasteiger partial charge in [-0.15, -0.1) is 24.0 Å². The van der Waals surface area contributed by atoms with E-state index in [9.17, 15) is 4.79 Å². The molecule has 0 aromatic rings. The number of nitrogens with zero attached hydrogens (tertiary/aromatic N) is 2. The first kappa shape index (κ1) is 24.4. The molecular formula is C16H33IN4O2. The third-order valence-electron chi connectivity index (χ3n) is 2.74. The third kappa shape index (κ3) is 15.8. The van der Waals surface area contributed by atoms with Crippen LogP contribution in [0.5, 0.6) is 0 Å². The molecule has 0 aromatic heterocycles. The Morgan fingerprint density at radius 1 is 1.26 bits per heavy atom. The normalized spacial score (nSPS) is 11.0. The summed E-state index contributed by atoms with van der Waals surface area (Å²) in [6, 6.07) is 0. The number of amides is 1. The molecule has 0 unspecified atom stereocenters. The van der Waals surface area contributed by atoms with Crippen molar-refractivity contribution in [3.05, 3.63) is 12.2 Å². The summed E-state index contributed by atoms with van der Waals surface area (Å²) < 4.78 is 5.50. The Hall–Kier alpha value is -0.830. The monoisotopic (exact) mass is 440 g/mol. The summed E-state index contributed by atoms with van der Waals surface area (Å²) in [5, 5.41) is 6.39. The van der Waals surface area contributed by atoms with Gasteiger partial charge in [0, 0.05) is 33.8 Å². The molecule has 136 valence electrons. The van der Waals surface area contributed by atoms with E-state index in [1.807, 2.05) is 20.8 Å². The highest BCUT2D eigenvalue weighted by molar-refractivity contribution is 14.0. The minimum absolute atomic E-state index is 0. The highest BCUT2D eigenvalue weighted by atomic mass is 127. The Bertz CT molecular complexity index is 371. The van der Waals surface area contributed by atoms with Gasteiger partial charge in [0.15, 0.2) is 5.96 Å². The number of likely N-dealkylation sites (N-methyl/N-ethyl adjacent to an activating group) is 1. The molecule has 7 heteroatoms. The molecule has 0 aliphatic heterocycles. The second kappa shape index (κ2) is 14.7. The molecule has 0 radical (unpaired) electrons. The van der Waals surface area contributed by atoms with E-state index in [-0.39, 0.29) is 42.5 Å². The zero-order valence-corrected chi connectivity index (χ0v) is 17.5. The van der Waals surface area contributed by atoms with E-state index in [0.717, 1.165) is 31.6 Å². The van der Waals surface area contributed by atoms with Crippen LogP contribution in [0, 0.1) is 0 Å². The number of rotatable bonds is 10. The number of halogens is 1. The van der Waals surface area contributed by atoms with Gasteiger partial charge < -0.3 is 20.3 Å². The second-order valence-electron chi connectivity index (χ2n) is 5.82. The smallest absolute Gasteiger partial charge is 0.243 e. The molecule has 1 amide bonds. The van der Waals surface area contributed by atoms with Gasteiger partial charge in [-0.1, -0.05) is 12.2 Å². The van der Waals surface area contributed by atoms with E-state index in [2.05, 4.69) is 22.2 Å². The summed E-state index contributed by atoms with van der Waals surface area (Å²) in [4.78, 5) is 17.4. The molecule has 0 atom stereocenters. The van der Waals surface area contributed by atoms with Crippen molar-refractivity contribution in [2.24, 2.45) is 4.99 Å². The van der Waals surface area contributed by atoms with Crippen molar-refractivity contribution in [1.29, 1.82) is 0 Å². The summed E-state index contributed by atoms with van der Waals surface area (Å²) in [6.45, 7) is 12.2. The Morgan fingerprint density at radius 3 is 2.43 bits per heavy atom. The Labute approximate surface area is 158 Å². The predicted molar refractivity (Wildman–Crippen MR) is 108 cm³/mol. The van der Waals surface area contributed by atoms with Crippen LogP contribution in [0.15, 0.2) is 17.1 Å². The second-order valence-corrected chi connectivity index (χ2v) is 5.82. The maximum atomic E-state index is 11.6. The molecule has 0 saturated heterocycles. The average molecular weight is 440 g/mol. The van der Waals surface area contributed by atoms with Crippen LogP contribution < -0.4 is 10.6 Å². The van der Waals surface area contributed by atoms with Crippen LogP contribution in [0.2, 0.25) is 0 Å². The lowest BCUT2D eigenvalue weighted by molar-refractivity contribution is -0.127. The topological polar surface area (TPSA) is 66.0 Å². The molecular weight excluding hydrogens is 407 g/mol. The molecule has 0 saturated carbocycles. The van der Waals surface area contributed by atoms with Gasteiger partial charge in [0.1, 0.15) is 6.54 Å². The molecule has 0 rings (SSSR count). The fourth-order valence-electron chi connectivity index (χ4n) is 1.45. The van der Waals surface area contributed by atoms with Crippen molar-refractivity contribution >= 4 is 35.8 Å². The molecule has 0 aliphatic rings. The first-order valence-corrected chi connectivity index (χ1v) is 7.81. The highest BCUT2D eigenvalue weighted by Crippen LogP contribution is 1.93.